The van der Waals surface area contributed by atoms with Crippen LogP contribution in [0.2, 0.25) is 0 Å². The number of phenols is 1. The van der Waals surface area contributed by atoms with Crippen LogP contribution in [0, 0.1) is 5.92 Å². The second kappa shape index (κ2) is 7.52. The Kier molecular flexibility index (Phi) is 6.02. The molecule has 6 heteroatoms. The van der Waals surface area contributed by atoms with E-state index in [9.17, 15) is 19.8 Å². The molecule has 3 N–H and O–H groups in total. The number of carboxylic acids is 1. The zero-order valence-electron chi connectivity index (χ0n) is 12.5. The number of phenolic OH excluding ortho intramolecular Hbond substituents is 1. The third-order valence-corrected chi connectivity index (χ3v) is 3.46. The maximum Gasteiger partial charge on any atom is 0.326 e. The first kappa shape index (κ1) is 16.8. The summed E-state index contributed by atoms with van der Waals surface area (Å²) in [5.41, 5.74) is 0.517. The van der Waals surface area contributed by atoms with Crippen molar-refractivity contribution in [3.05, 3.63) is 24.3 Å². The van der Waals surface area contributed by atoms with E-state index in [1.807, 2.05) is 6.92 Å². The molecule has 2 unspecified atom stereocenters. The summed E-state index contributed by atoms with van der Waals surface area (Å²) < 4.78 is 0. The highest BCUT2D eigenvalue weighted by molar-refractivity contribution is 5.94. The van der Waals surface area contributed by atoms with Crippen molar-refractivity contribution in [3.8, 4) is 5.75 Å². The molecule has 0 spiro atoms. The van der Waals surface area contributed by atoms with Gasteiger partial charge in [0, 0.05) is 18.3 Å². The number of carbonyl (C=O) groups is 2. The standard InChI is InChI=1S/C15H22N2O4/c1-4-10(3)13(14(19)20)16-15(21)17(5-2)11-7-6-8-12(18)9-11/h6-10,13,18H,4-5H2,1-3H3,(H,16,21)(H,19,20). The van der Waals surface area contributed by atoms with Gasteiger partial charge < -0.3 is 15.5 Å². The van der Waals surface area contributed by atoms with Gasteiger partial charge in [-0.1, -0.05) is 26.3 Å². The molecule has 0 radical (unpaired) electrons. The van der Waals surface area contributed by atoms with E-state index in [0.29, 0.717) is 18.7 Å². The summed E-state index contributed by atoms with van der Waals surface area (Å²) in [6.07, 6.45) is 0.648. The van der Waals surface area contributed by atoms with Gasteiger partial charge in [-0.25, -0.2) is 9.59 Å². The molecule has 0 saturated heterocycles. The van der Waals surface area contributed by atoms with Crippen LogP contribution in [0.4, 0.5) is 10.5 Å². The van der Waals surface area contributed by atoms with E-state index in [-0.39, 0.29) is 11.7 Å². The Morgan fingerprint density at radius 3 is 2.48 bits per heavy atom. The van der Waals surface area contributed by atoms with Gasteiger partial charge in [0.25, 0.3) is 0 Å². The normalized spacial score (nSPS) is 13.3. The highest BCUT2D eigenvalue weighted by atomic mass is 16.4. The van der Waals surface area contributed by atoms with Crippen molar-refractivity contribution in [2.75, 3.05) is 11.4 Å². The second-order valence-corrected chi connectivity index (χ2v) is 4.92. The SMILES string of the molecule is CCC(C)C(NC(=O)N(CC)c1cccc(O)c1)C(=O)O. The summed E-state index contributed by atoms with van der Waals surface area (Å²) >= 11 is 0. The number of carbonyl (C=O) groups excluding carboxylic acids is 1. The zero-order valence-corrected chi connectivity index (χ0v) is 12.5. The molecule has 1 aromatic carbocycles. The van der Waals surface area contributed by atoms with Gasteiger partial charge in [-0.2, -0.15) is 0 Å². The molecule has 0 fully saturated rings. The first-order valence-electron chi connectivity index (χ1n) is 7.00. The molecule has 1 aromatic rings. The maximum atomic E-state index is 12.3. The molecular weight excluding hydrogens is 272 g/mol. The number of urea groups is 1. The van der Waals surface area contributed by atoms with Crippen LogP contribution in [0.25, 0.3) is 0 Å². The Balaban J connectivity index is 2.91. The van der Waals surface area contributed by atoms with E-state index in [4.69, 9.17) is 0 Å². The quantitative estimate of drug-likeness (QED) is 0.751. The number of anilines is 1. The van der Waals surface area contributed by atoms with Crippen molar-refractivity contribution in [2.24, 2.45) is 5.92 Å². The summed E-state index contributed by atoms with van der Waals surface area (Å²) in [4.78, 5) is 24.9. The molecule has 0 aliphatic rings. The summed E-state index contributed by atoms with van der Waals surface area (Å²) in [6, 6.07) is 4.85. The van der Waals surface area contributed by atoms with Gasteiger partial charge >= 0.3 is 12.0 Å². The minimum Gasteiger partial charge on any atom is -0.508 e. The molecule has 0 bridgehead atoms. The molecule has 0 saturated carbocycles. The van der Waals surface area contributed by atoms with Crippen molar-refractivity contribution >= 4 is 17.7 Å². The first-order valence-corrected chi connectivity index (χ1v) is 7.00. The highest BCUT2D eigenvalue weighted by Crippen LogP contribution is 2.20. The third kappa shape index (κ3) is 4.37. The lowest BCUT2D eigenvalue weighted by Crippen LogP contribution is -2.50. The van der Waals surface area contributed by atoms with Gasteiger partial charge in [-0.3, -0.25) is 4.90 Å². The second-order valence-electron chi connectivity index (χ2n) is 4.92. The molecule has 0 aliphatic heterocycles. The van der Waals surface area contributed by atoms with Crippen molar-refractivity contribution in [1.82, 2.24) is 5.32 Å². The number of amides is 2. The smallest absolute Gasteiger partial charge is 0.326 e. The van der Waals surface area contributed by atoms with Crippen LogP contribution in [-0.4, -0.2) is 34.8 Å². The average molecular weight is 294 g/mol. The Labute approximate surface area is 124 Å². The topological polar surface area (TPSA) is 89.9 Å². The molecule has 1 rings (SSSR count). The number of aromatic hydroxyl groups is 1. The van der Waals surface area contributed by atoms with Crippen LogP contribution in [0.5, 0.6) is 5.75 Å². The summed E-state index contributed by atoms with van der Waals surface area (Å²) in [5, 5.41) is 21.2. The molecular formula is C15H22N2O4. The predicted molar refractivity (Wildman–Crippen MR) is 80.5 cm³/mol. The van der Waals surface area contributed by atoms with Crippen molar-refractivity contribution in [1.29, 1.82) is 0 Å². The molecule has 2 atom stereocenters. The van der Waals surface area contributed by atoms with Gasteiger partial charge in [0.2, 0.25) is 0 Å². The fourth-order valence-corrected chi connectivity index (χ4v) is 2.00. The highest BCUT2D eigenvalue weighted by Gasteiger charge is 2.27. The zero-order chi connectivity index (χ0) is 16.0. The van der Waals surface area contributed by atoms with Gasteiger partial charge in [-0.05, 0) is 25.0 Å². The number of nitrogens with zero attached hydrogens (tertiary/aromatic N) is 1. The molecule has 6 nitrogen and oxygen atoms in total. The van der Waals surface area contributed by atoms with E-state index in [0.717, 1.165) is 0 Å². The fourth-order valence-electron chi connectivity index (χ4n) is 2.00. The molecule has 0 aromatic heterocycles. The number of benzene rings is 1. The Bertz CT molecular complexity index is 504. The molecule has 2 amide bonds. The van der Waals surface area contributed by atoms with E-state index < -0.39 is 18.0 Å². The van der Waals surface area contributed by atoms with Gasteiger partial charge in [0.05, 0.1) is 0 Å². The Hall–Kier alpha value is -2.24. The van der Waals surface area contributed by atoms with Gasteiger partial charge in [0.15, 0.2) is 0 Å². The lowest BCUT2D eigenvalue weighted by Gasteiger charge is -2.26. The lowest BCUT2D eigenvalue weighted by molar-refractivity contribution is -0.140. The van der Waals surface area contributed by atoms with Crippen molar-refractivity contribution < 1.29 is 19.8 Å². The largest absolute Gasteiger partial charge is 0.508 e. The molecule has 0 aliphatic carbocycles. The maximum absolute atomic E-state index is 12.3. The van der Waals surface area contributed by atoms with Crippen LogP contribution in [0.15, 0.2) is 24.3 Å². The molecule has 116 valence electrons. The lowest BCUT2D eigenvalue weighted by atomic mass is 9.99. The van der Waals surface area contributed by atoms with Crippen molar-refractivity contribution in [2.45, 2.75) is 33.2 Å². The molecule has 21 heavy (non-hydrogen) atoms. The number of hydrogen-bond donors (Lipinski definition) is 3. The van der Waals surface area contributed by atoms with Crippen molar-refractivity contribution in [3.63, 3.8) is 0 Å². The summed E-state index contributed by atoms with van der Waals surface area (Å²) in [6.45, 7) is 5.80. The average Bonchev–Trinajstić information content (AvgIpc) is 2.44. The Morgan fingerprint density at radius 1 is 1.33 bits per heavy atom. The van der Waals surface area contributed by atoms with Crippen LogP contribution >= 0.6 is 0 Å². The number of rotatable bonds is 6. The summed E-state index contributed by atoms with van der Waals surface area (Å²) in [7, 11) is 0. The fraction of sp³-hybridized carbons (Fsp3) is 0.467. The van der Waals surface area contributed by atoms with Crippen LogP contribution in [0.3, 0.4) is 0 Å². The van der Waals surface area contributed by atoms with Crippen LogP contribution in [0.1, 0.15) is 27.2 Å². The number of nitrogens with one attached hydrogen (secondary N) is 1. The van der Waals surface area contributed by atoms with Gasteiger partial charge in [-0.15, -0.1) is 0 Å². The number of aliphatic carboxylic acids is 1. The van der Waals surface area contributed by atoms with Crippen LogP contribution < -0.4 is 10.2 Å². The first-order chi connectivity index (χ1) is 9.90. The van der Waals surface area contributed by atoms with E-state index >= 15 is 0 Å². The third-order valence-electron chi connectivity index (χ3n) is 3.46. The Morgan fingerprint density at radius 2 is 2.00 bits per heavy atom. The van der Waals surface area contributed by atoms with E-state index in [2.05, 4.69) is 5.32 Å². The van der Waals surface area contributed by atoms with E-state index in [1.54, 1.807) is 26.0 Å². The van der Waals surface area contributed by atoms with Crippen LogP contribution in [-0.2, 0) is 4.79 Å². The monoisotopic (exact) mass is 294 g/mol. The van der Waals surface area contributed by atoms with Gasteiger partial charge in [0.1, 0.15) is 11.8 Å². The predicted octanol–water partition coefficient (Wildman–Crippen LogP) is 2.43. The minimum atomic E-state index is -1.05. The number of hydrogen-bond acceptors (Lipinski definition) is 3. The van der Waals surface area contributed by atoms with E-state index in [1.165, 1.54) is 17.0 Å². The molecule has 0 heterocycles. The summed E-state index contributed by atoms with van der Waals surface area (Å²) in [5.74, 6) is -1.17. The number of carboxylic acid groups (broad SMARTS) is 1. The minimum absolute atomic E-state index is 0.0514.